The van der Waals surface area contributed by atoms with E-state index in [0.717, 1.165) is 11.8 Å². The van der Waals surface area contributed by atoms with E-state index < -0.39 is 9.84 Å². The molecular weight excluding hydrogens is 350 g/mol. The number of ether oxygens (including phenoxy) is 1. The minimum Gasteiger partial charge on any atom is -0.495 e. The molecule has 24 heavy (non-hydrogen) atoms. The number of hydrogen-bond donors (Lipinski definition) is 1. The molecule has 0 saturated carbocycles. The number of amides is 1. The molecule has 0 atom stereocenters. The molecule has 0 aliphatic rings. The van der Waals surface area contributed by atoms with Gasteiger partial charge in [0, 0.05) is 18.0 Å². The Kier molecular flexibility index (Phi) is 5.64. The van der Waals surface area contributed by atoms with Gasteiger partial charge in [0.25, 0.3) is 0 Å². The number of carbonyl (C=O) groups is 1. The van der Waals surface area contributed by atoms with Gasteiger partial charge in [-0.15, -0.1) is 0 Å². The molecular formula is C17H16ClNO4S. The zero-order valence-corrected chi connectivity index (χ0v) is 14.7. The highest BCUT2D eigenvalue weighted by Gasteiger charge is 2.06. The number of sulfone groups is 1. The lowest BCUT2D eigenvalue weighted by molar-refractivity contribution is -0.111. The molecule has 1 N–H and O–H groups in total. The van der Waals surface area contributed by atoms with Gasteiger partial charge in [0.15, 0.2) is 9.84 Å². The van der Waals surface area contributed by atoms with Crippen LogP contribution in [0.4, 0.5) is 5.69 Å². The second-order valence-electron chi connectivity index (χ2n) is 5.01. The van der Waals surface area contributed by atoms with Gasteiger partial charge >= 0.3 is 0 Å². The molecule has 126 valence electrons. The number of rotatable bonds is 5. The Labute approximate surface area is 145 Å². The number of nitrogens with one attached hydrogen (secondary N) is 1. The first-order chi connectivity index (χ1) is 11.3. The van der Waals surface area contributed by atoms with Crippen molar-refractivity contribution in [1.82, 2.24) is 0 Å². The van der Waals surface area contributed by atoms with Crippen molar-refractivity contribution < 1.29 is 17.9 Å². The molecule has 0 aliphatic carbocycles. The first kappa shape index (κ1) is 18.0. The molecule has 1 amide bonds. The summed E-state index contributed by atoms with van der Waals surface area (Å²) < 4.78 is 27.8. The summed E-state index contributed by atoms with van der Waals surface area (Å²) in [7, 11) is -1.73. The molecule has 0 radical (unpaired) electrons. The van der Waals surface area contributed by atoms with Crippen molar-refractivity contribution in [3.63, 3.8) is 0 Å². The van der Waals surface area contributed by atoms with Crippen LogP contribution in [-0.2, 0) is 14.6 Å². The molecule has 0 spiro atoms. The molecule has 0 saturated heterocycles. The molecule has 2 rings (SSSR count). The van der Waals surface area contributed by atoms with Crippen molar-refractivity contribution in [1.29, 1.82) is 0 Å². The monoisotopic (exact) mass is 365 g/mol. The summed E-state index contributed by atoms with van der Waals surface area (Å²) >= 11 is 6.02. The maximum atomic E-state index is 11.9. The van der Waals surface area contributed by atoms with Gasteiger partial charge in [0.1, 0.15) is 5.75 Å². The minimum absolute atomic E-state index is 0.198. The topological polar surface area (TPSA) is 72.5 Å². The molecule has 7 heteroatoms. The maximum Gasteiger partial charge on any atom is 0.248 e. The Morgan fingerprint density at radius 2 is 1.83 bits per heavy atom. The fourth-order valence-corrected chi connectivity index (χ4v) is 2.82. The highest BCUT2D eigenvalue weighted by Crippen LogP contribution is 2.25. The Balaban J connectivity index is 2.04. The van der Waals surface area contributed by atoms with Crippen LogP contribution in [0.5, 0.6) is 5.75 Å². The minimum atomic E-state index is -3.25. The predicted molar refractivity (Wildman–Crippen MR) is 95.2 cm³/mol. The van der Waals surface area contributed by atoms with Crippen LogP contribution in [0.25, 0.3) is 6.08 Å². The van der Waals surface area contributed by atoms with Gasteiger partial charge < -0.3 is 10.1 Å². The predicted octanol–water partition coefficient (Wildman–Crippen LogP) is 3.40. The zero-order chi connectivity index (χ0) is 17.7. The largest absolute Gasteiger partial charge is 0.495 e. The third-order valence-electron chi connectivity index (χ3n) is 3.15. The molecule has 0 fully saturated rings. The third-order valence-corrected chi connectivity index (χ3v) is 4.58. The van der Waals surface area contributed by atoms with Crippen molar-refractivity contribution in [3.05, 3.63) is 59.1 Å². The average Bonchev–Trinajstić information content (AvgIpc) is 2.53. The van der Waals surface area contributed by atoms with E-state index in [1.807, 2.05) is 0 Å². The lowest BCUT2D eigenvalue weighted by Gasteiger charge is -2.04. The molecule has 5 nitrogen and oxygen atoms in total. The van der Waals surface area contributed by atoms with E-state index in [2.05, 4.69) is 5.32 Å². The first-order valence-corrected chi connectivity index (χ1v) is 9.19. The molecule has 2 aromatic carbocycles. The molecule has 2 aromatic rings. The van der Waals surface area contributed by atoms with E-state index in [-0.39, 0.29) is 10.8 Å². The van der Waals surface area contributed by atoms with Gasteiger partial charge in [0.05, 0.1) is 17.0 Å². The van der Waals surface area contributed by atoms with Crippen molar-refractivity contribution in [3.8, 4) is 5.75 Å². The Morgan fingerprint density at radius 3 is 2.38 bits per heavy atom. The maximum absolute atomic E-state index is 11.9. The fraction of sp³-hybridized carbons (Fsp3) is 0.118. The standard InChI is InChI=1S/C17H16ClNO4S/c1-23-16-9-3-12(11-15(16)18)4-10-17(20)19-13-5-7-14(8-6-13)24(2,21)22/h3-11H,1-2H3,(H,19,20)/b10-4+. The van der Waals surface area contributed by atoms with Gasteiger partial charge in [-0.1, -0.05) is 17.7 Å². The highest BCUT2D eigenvalue weighted by molar-refractivity contribution is 7.90. The van der Waals surface area contributed by atoms with E-state index in [4.69, 9.17) is 16.3 Å². The molecule has 0 heterocycles. The number of carbonyl (C=O) groups excluding carboxylic acids is 1. The molecule has 0 aromatic heterocycles. The van der Waals surface area contributed by atoms with Gasteiger partial charge in [-0.25, -0.2) is 8.42 Å². The highest BCUT2D eigenvalue weighted by atomic mass is 35.5. The van der Waals surface area contributed by atoms with Crippen molar-refractivity contribution >= 4 is 39.1 Å². The van der Waals surface area contributed by atoms with E-state index in [9.17, 15) is 13.2 Å². The van der Waals surface area contributed by atoms with Gasteiger partial charge in [-0.3, -0.25) is 4.79 Å². The van der Waals surface area contributed by atoms with E-state index in [0.29, 0.717) is 16.5 Å². The number of benzene rings is 2. The third kappa shape index (κ3) is 4.84. The van der Waals surface area contributed by atoms with Crippen LogP contribution in [-0.4, -0.2) is 27.7 Å². The van der Waals surface area contributed by atoms with E-state index in [1.165, 1.54) is 37.5 Å². The van der Waals surface area contributed by atoms with Gasteiger partial charge in [0.2, 0.25) is 5.91 Å². The second kappa shape index (κ2) is 7.51. The Hall–Kier alpha value is -2.31. The summed E-state index contributed by atoms with van der Waals surface area (Å²) in [6.45, 7) is 0. The van der Waals surface area contributed by atoms with Crippen LogP contribution in [0, 0.1) is 0 Å². The molecule has 0 aliphatic heterocycles. The summed E-state index contributed by atoms with van der Waals surface area (Å²) in [5.74, 6) is 0.221. The van der Waals surface area contributed by atoms with Crippen LogP contribution < -0.4 is 10.1 Å². The molecule has 0 unspecified atom stereocenters. The Morgan fingerprint density at radius 1 is 1.17 bits per heavy atom. The van der Waals surface area contributed by atoms with Crippen LogP contribution in [0.15, 0.2) is 53.4 Å². The van der Waals surface area contributed by atoms with Crippen molar-refractivity contribution in [2.45, 2.75) is 4.90 Å². The fourth-order valence-electron chi connectivity index (χ4n) is 1.93. The van der Waals surface area contributed by atoms with Crippen molar-refractivity contribution in [2.24, 2.45) is 0 Å². The zero-order valence-electron chi connectivity index (χ0n) is 13.1. The number of methoxy groups -OCH3 is 1. The number of halogens is 1. The van der Waals surface area contributed by atoms with Crippen LogP contribution in [0.2, 0.25) is 5.02 Å². The van der Waals surface area contributed by atoms with Crippen LogP contribution in [0.1, 0.15) is 5.56 Å². The van der Waals surface area contributed by atoms with Crippen LogP contribution >= 0.6 is 11.6 Å². The quantitative estimate of drug-likeness (QED) is 0.824. The molecule has 0 bridgehead atoms. The number of hydrogen-bond acceptors (Lipinski definition) is 4. The lowest BCUT2D eigenvalue weighted by atomic mass is 10.2. The van der Waals surface area contributed by atoms with Crippen molar-refractivity contribution in [2.75, 3.05) is 18.7 Å². The van der Waals surface area contributed by atoms with E-state index in [1.54, 1.807) is 24.3 Å². The lowest BCUT2D eigenvalue weighted by Crippen LogP contribution is -2.08. The van der Waals surface area contributed by atoms with Gasteiger partial charge in [-0.2, -0.15) is 0 Å². The summed E-state index contributed by atoms with van der Waals surface area (Å²) in [5.41, 5.74) is 1.26. The Bertz CT molecular complexity index is 874. The normalized spacial score (nSPS) is 11.5. The van der Waals surface area contributed by atoms with Crippen LogP contribution in [0.3, 0.4) is 0 Å². The van der Waals surface area contributed by atoms with E-state index >= 15 is 0 Å². The second-order valence-corrected chi connectivity index (χ2v) is 7.44. The average molecular weight is 366 g/mol. The summed E-state index contributed by atoms with van der Waals surface area (Å²) in [6, 6.07) is 11.1. The van der Waals surface area contributed by atoms with Gasteiger partial charge in [-0.05, 0) is 48.0 Å². The smallest absolute Gasteiger partial charge is 0.248 e. The summed E-state index contributed by atoms with van der Waals surface area (Å²) in [5, 5.41) is 3.10. The summed E-state index contributed by atoms with van der Waals surface area (Å²) in [4.78, 5) is 12.1. The SMILES string of the molecule is COc1ccc(/C=C/C(=O)Nc2ccc(S(C)(=O)=O)cc2)cc1Cl. The summed E-state index contributed by atoms with van der Waals surface area (Å²) in [6.07, 6.45) is 4.11. The first-order valence-electron chi connectivity index (χ1n) is 6.92. The number of anilines is 1.